The third-order valence-corrected chi connectivity index (χ3v) is 3.74. The Bertz CT molecular complexity index is 385. The topological polar surface area (TPSA) is 46.5 Å². The van der Waals surface area contributed by atoms with Gasteiger partial charge in [0.2, 0.25) is 0 Å². The van der Waals surface area contributed by atoms with Crippen molar-refractivity contribution in [1.82, 2.24) is 0 Å². The van der Waals surface area contributed by atoms with Crippen LogP contribution in [0.5, 0.6) is 0 Å². The lowest BCUT2D eigenvalue weighted by atomic mass is 9.91. The van der Waals surface area contributed by atoms with Crippen molar-refractivity contribution in [1.29, 1.82) is 0 Å². The van der Waals surface area contributed by atoms with Gasteiger partial charge < -0.3 is 9.84 Å². The van der Waals surface area contributed by atoms with Gasteiger partial charge >= 0.3 is 5.97 Å². The number of rotatable bonds is 6. The van der Waals surface area contributed by atoms with E-state index in [4.69, 9.17) is 9.84 Å². The molecule has 1 unspecified atom stereocenters. The minimum Gasteiger partial charge on any atom is -0.463 e. The zero-order valence-corrected chi connectivity index (χ0v) is 14.1. The van der Waals surface area contributed by atoms with E-state index in [1.54, 1.807) is 0 Å². The van der Waals surface area contributed by atoms with E-state index in [2.05, 4.69) is 44.2 Å². The summed E-state index contributed by atoms with van der Waals surface area (Å²) in [7, 11) is 0. The monoisotopic (exact) mass is 294 g/mol. The van der Waals surface area contributed by atoms with Crippen molar-refractivity contribution in [2.24, 2.45) is 5.41 Å². The van der Waals surface area contributed by atoms with E-state index < -0.39 is 5.41 Å². The van der Waals surface area contributed by atoms with Gasteiger partial charge in [0.05, 0.1) is 12.0 Å². The summed E-state index contributed by atoms with van der Waals surface area (Å²) in [5.41, 5.74) is 1.03. The Balaban J connectivity index is 0.000000382. The van der Waals surface area contributed by atoms with Crippen molar-refractivity contribution in [2.75, 3.05) is 13.2 Å². The first-order chi connectivity index (χ1) is 9.88. The lowest BCUT2D eigenvalue weighted by molar-refractivity contribution is -0.155. The Hall–Kier alpha value is -1.35. The van der Waals surface area contributed by atoms with E-state index in [1.165, 1.54) is 12.0 Å². The molecule has 1 atom stereocenters. The number of hydrogen-bond acceptors (Lipinski definition) is 3. The van der Waals surface area contributed by atoms with E-state index in [0.717, 1.165) is 6.42 Å². The SMILES string of the molecule is CCC(C)(C)C(=O)OCCO.CCC(C)c1ccccc1. The van der Waals surface area contributed by atoms with E-state index in [-0.39, 0.29) is 19.2 Å². The summed E-state index contributed by atoms with van der Waals surface area (Å²) in [6.45, 7) is 10.1. The molecule has 1 N–H and O–H groups in total. The third-order valence-electron chi connectivity index (χ3n) is 3.74. The summed E-state index contributed by atoms with van der Waals surface area (Å²) in [6.07, 6.45) is 1.97. The molecule has 1 aromatic carbocycles. The van der Waals surface area contributed by atoms with Gasteiger partial charge in [-0.3, -0.25) is 4.79 Å². The van der Waals surface area contributed by atoms with Crippen molar-refractivity contribution in [3.8, 4) is 0 Å². The van der Waals surface area contributed by atoms with Gasteiger partial charge in [0.25, 0.3) is 0 Å². The highest BCUT2D eigenvalue weighted by Crippen LogP contribution is 2.21. The molecule has 0 spiro atoms. The van der Waals surface area contributed by atoms with Gasteiger partial charge in [0.15, 0.2) is 0 Å². The van der Waals surface area contributed by atoms with E-state index in [1.807, 2.05) is 20.8 Å². The van der Waals surface area contributed by atoms with Gasteiger partial charge in [-0.05, 0) is 38.2 Å². The van der Waals surface area contributed by atoms with E-state index in [9.17, 15) is 4.79 Å². The van der Waals surface area contributed by atoms with Crippen LogP contribution in [0.2, 0.25) is 0 Å². The first-order valence-electron chi connectivity index (χ1n) is 7.72. The largest absolute Gasteiger partial charge is 0.463 e. The number of esters is 1. The molecule has 0 heterocycles. The fraction of sp³-hybridized carbons (Fsp3) is 0.611. The normalized spacial score (nSPS) is 12.1. The minimum absolute atomic E-state index is 0.0995. The summed E-state index contributed by atoms with van der Waals surface area (Å²) >= 11 is 0. The molecule has 0 saturated carbocycles. The van der Waals surface area contributed by atoms with Crippen molar-refractivity contribution in [3.63, 3.8) is 0 Å². The molecule has 0 bridgehead atoms. The number of hydrogen-bond donors (Lipinski definition) is 1. The van der Waals surface area contributed by atoms with Crippen molar-refractivity contribution in [3.05, 3.63) is 35.9 Å². The molecule has 21 heavy (non-hydrogen) atoms. The van der Waals surface area contributed by atoms with Crippen LogP contribution >= 0.6 is 0 Å². The Morgan fingerprint density at radius 3 is 2.24 bits per heavy atom. The second-order valence-corrected chi connectivity index (χ2v) is 5.82. The van der Waals surface area contributed by atoms with Gasteiger partial charge in [-0.15, -0.1) is 0 Å². The van der Waals surface area contributed by atoms with Crippen molar-refractivity contribution in [2.45, 2.75) is 53.4 Å². The zero-order valence-electron chi connectivity index (χ0n) is 14.1. The van der Waals surface area contributed by atoms with Gasteiger partial charge in [-0.25, -0.2) is 0 Å². The van der Waals surface area contributed by atoms with Crippen LogP contribution in [-0.2, 0) is 9.53 Å². The molecule has 1 aromatic rings. The smallest absolute Gasteiger partial charge is 0.311 e. The highest BCUT2D eigenvalue weighted by atomic mass is 16.5. The number of carbonyl (C=O) groups excluding carboxylic acids is 1. The maximum Gasteiger partial charge on any atom is 0.311 e. The maximum absolute atomic E-state index is 11.1. The highest BCUT2D eigenvalue weighted by molar-refractivity contribution is 5.75. The summed E-state index contributed by atoms with van der Waals surface area (Å²) in [5, 5.41) is 8.38. The van der Waals surface area contributed by atoms with E-state index >= 15 is 0 Å². The van der Waals surface area contributed by atoms with Crippen molar-refractivity contribution >= 4 is 5.97 Å². The number of ether oxygens (including phenoxy) is 1. The molecule has 0 aliphatic carbocycles. The summed E-state index contributed by atoms with van der Waals surface area (Å²) in [5.74, 6) is 0.468. The fourth-order valence-electron chi connectivity index (χ4n) is 1.50. The Morgan fingerprint density at radius 2 is 1.81 bits per heavy atom. The van der Waals surface area contributed by atoms with Gasteiger partial charge in [-0.2, -0.15) is 0 Å². The first-order valence-corrected chi connectivity index (χ1v) is 7.72. The third kappa shape index (κ3) is 7.86. The molecular weight excluding hydrogens is 264 g/mol. The predicted octanol–water partition coefficient (Wildman–Crippen LogP) is 4.16. The van der Waals surface area contributed by atoms with Crippen LogP contribution in [0.1, 0.15) is 58.9 Å². The van der Waals surface area contributed by atoms with Crippen LogP contribution in [0.25, 0.3) is 0 Å². The molecule has 0 aliphatic rings. The number of benzene rings is 1. The summed E-state index contributed by atoms with van der Waals surface area (Å²) in [4.78, 5) is 11.1. The van der Waals surface area contributed by atoms with Crippen molar-refractivity contribution < 1.29 is 14.6 Å². The highest BCUT2D eigenvalue weighted by Gasteiger charge is 2.26. The van der Waals surface area contributed by atoms with E-state index in [0.29, 0.717) is 5.92 Å². The predicted molar refractivity (Wildman–Crippen MR) is 87.3 cm³/mol. The van der Waals surface area contributed by atoms with Gasteiger partial charge in [0, 0.05) is 0 Å². The van der Waals surface area contributed by atoms with Crippen LogP contribution in [-0.4, -0.2) is 24.3 Å². The standard InChI is InChI=1S/C10H14.C8H16O3/c1-3-9(2)10-7-5-4-6-8-10;1-4-8(2,3)7(10)11-6-5-9/h4-9H,3H2,1-2H3;9H,4-6H2,1-3H3. The molecule has 3 heteroatoms. The fourth-order valence-corrected chi connectivity index (χ4v) is 1.50. The van der Waals surface area contributed by atoms with Gasteiger partial charge in [0.1, 0.15) is 6.61 Å². The van der Waals surface area contributed by atoms with Crippen LogP contribution < -0.4 is 0 Å². The molecule has 0 aliphatic heterocycles. The van der Waals surface area contributed by atoms with Crippen LogP contribution in [0.15, 0.2) is 30.3 Å². The second kappa shape index (κ2) is 10.4. The molecule has 1 rings (SSSR count). The molecular formula is C18H30O3. The number of aliphatic hydroxyl groups excluding tert-OH is 1. The average molecular weight is 294 g/mol. The molecule has 0 fully saturated rings. The molecule has 120 valence electrons. The molecule has 3 nitrogen and oxygen atoms in total. The number of carbonyl (C=O) groups is 1. The summed E-state index contributed by atoms with van der Waals surface area (Å²) < 4.78 is 4.76. The minimum atomic E-state index is -0.421. The van der Waals surface area contributed by atoms with Gasteiger partial charge in [-0.1, -0.05) is 51.1 Å². The lowest BCUT2D eigenvalue weighted by Gasteiger charge is -2.19. The average Bonchev–Trinajstić information content (AvgIpc) is 2.53. The Morgan fingerprint density at radius 1 is 1.24 bits per heavy atom. The molecule has 0 radical (unpaired) electrons. The number of aliphatic hydroxyl groups is 1. The summed E-state index contributed by atoms with van der Waals surface area (Å²) in [6, 6.07) is 10.6. The van der Waals surface area contributed by atoms with Crippen LogP contribution in [0, 0.1) is 5.41 Å². The maximum atomic E-state index is 11.1. The zero-order chi connectivity index (χ0) is 16.3. The molecule has 0 amide bonds. The Kier molecular flexibility index (Phi) is 9.72. The lowest BCUT2D eigenvalue weighted by Crippen LogP contribution is -2.26. The molecule has 0 aromatic heterocycles. The molecule has 0 saturated heterocycles. The quantitative estimate of drug-likeness (QED) is 0.801. The van der Waals surface area contributed by atoms with Crippen LogP contribution in [0.3, 0.4) is 0 Å². The Labute approximate surface area is 129 Å². The van der Waals surface area contributed by atoms with Crippen LogP contribution in [0.4, 0.5) is 0 Å². The first kappa shape index (κ1) is 19.7. The second-order valence-electron chi connectivity index (χ2n) is 5.82.